The Bertz CT molecular complexity index is 541. The highest BCUT2D eigenvalue weighted by Crippen LogP contribution is 2.19. The second-order valence-electron chi connectivity index (χ2n) is 3.26. The van der Waals surface area contributed by atoms with Gasteiger partial charge in [-0.25, -0.2) is 9.97 Å². The summed E-state index contributed by atoms with van der Waals surface area (Å²) in [4.78, 5) is 8.29. The van der Waals surface area contributed by atoms with Crippen molar-refractivity contribution in [3.8, 4) is 11.3 Å². The molecule has 0 unspecified atom stereocenters. The SMILES string of the molecule is NC(=S)Nc1nccc(-c2ccc(Cl)cc2)n1. The van der Waals surface area contributed by atoms with Crippen molar-refractivity contribution in [2.24, 2.45) is 5.73 Å². The zero-order chi connectivity index (χ0) is 12.3. The van der Waals surface area contributed by atoms with Crippen molar-refractivity contribution in [1.29, 1.82) is 0 Å². The monoisotopic (exact) mass is 264 g/mol. The summed E-state index contributed by atoms with van der Waals surface area (Å²) in [6.45, 7) is 0. The van der Waals surface area contributed by atoms with Gasteiger partial charge in [-0.15, -0.1) is 0 Å². The van der Waals surface area contributed by atoms with Crippen LogP contribution in [0.2, 0.25) is 5.02 Å². The number of nitrogens with one attached hydrogen (secondary N) is 1. The lowest BCUT2D eigenvalue weighted by Crippen LogP contribution is -2.20. The van der Waals surface area contributed by atoms with Crippen molar-refractivity contribution < 1.29 is 0 Å². The third-order valence-corrected chi connectivity index (χ3v) is 2.38. The number of thiocarbonyl (C=S) groups is 1. The first-order valence-electron chi connectivity index (χ1n) is 4.80. The van der Waals surface area contributed by atoms with Gasteiger partial charge in [-0.05, 0) is 30.4 Å². The first-order valence-corrected chi connectivity index (χ1v) is 5.59. The topological polar surface area (TPSA) is 63.8 Å². The lowest BCUT2D eigenvalue weighted by Gasteiger charge is -2.04. The number of nitrogens with zero attached hydrogens (tertiary/aromatic N) is 2. The largest absolute Gasteiger partial charge is 0.376 e. The number of benzene rings is 1. The summed E-state index contributed by atoms with van der Waals surface area (Å²) in [7, 11) is 0. The molecule has 17 heavy (non-hydrogen) atoms. The van der Waals surface area contributed by atoms with Crippen LogP contribution in [0.15, 0.2) is 36.5 Å². The van der Waals surface area contributed by atoms with Gasteiger partial charge in [-0.2, -0.15) is 0 Å². The van der Waals surface area contributed by atoms with Crippen LogP contribution in [0.3, 0.4) is 0 Å². The molecular formula is C11H9ClN4S. The molecule has 1 heterocycles. The molecule has 3 N–H and O–H groups in total. The van der Waals surface area contributed by atoms with E-state index in [9.17, 15) is 0 Å². The molecule has 0 amide bonds. The van der Waals surface area contributed by atoms with E-state index in [4.69, 9.17) is 29.6 Å². The number of halogens is 1. The molecule has 0 atom stereocenters. The first-order chi connectivity index (χ1) is 8.15. The summed E-state index contributed by atoms with van der Waals surface area (Å²) in [5.41, 5.74) is 7.08. The van der Waals surface area contributed by atoms with E-state index in [1.165, 1.54) is 0 Å². The number of hydrogen-bond donors (Lipinski definition) is 2. The van der Waals surface area contributed by atoms with E-state index in [1.807, 2.05) is 12.1 Å². The number of nitrogens with two attached hydrogens (primary N) is 1. The summed E-state index contributed by atoms with van der Waals surface area (Å²) in [6.07, 6.45) is 1.64. The average molecular weight is 265 g/mol. The Morgan fingerprint density at radius 1 is 1.24 bits per heavy atom. The standard InChI is InChI=1S/C11H9ClN4S/c12-8-3-1-7(2-4-8)9-5-6-14-11(15-9)16-10(13)17/h1-6H,(H3,13,14,15,16,17). The fourth-order valence-corrected chi connectivity index (χ4v) is 1.53. The summed E-state index contributed by atoms with van der Waals surface area (Å²) in [5, 5.41) is 3.51. The van der Waals surface area contributed by atoms with E-state index >= 15 is 0 Å². The van der Waals surface area contributed by atoms with E-state index in [0.717, 1.165) is 11.3 Å². The molecule has 1 aromatic heterocycles. The summed E-state index contributed by atoms with van der Waals surface area (Å²) in [5.74, 6) is 0.380. The Kier molecular flexibility index (Phi) is 3.51. The zero-order valence-electron chi connectivity index (χ0n) is 8.72. The van der Waals surface area contributed by atoms with Gasteiger partial charge < -0.3 is 11.1 Å². The van der Waals surface area contributed by atoms with Crippen LogP contribution >= 0.6 is 23.8 Å². The van der Waals surface area contributed by atoms with Crippen molar-refractivity contribution in [2.45, 2.75) is 0 Å². The van der Waals surface area contributed by atoms with Crippen LogP contribution in [0.4, 0.5) is 5.95 Å². The lowest BCUT2D eigenvalue weighted by molar-refractivity contribution is 1.18. The predicted molar refractivity (Wildman–Crippen MR) is 72.9 cm³/mol. The molecule has 0 spiro atoms. The minimum absolute atomic E-state index is 0.137. The maximum Gasteiger partial charge on any atom is 0.229 e. The number of hydrogen-bond acceptors (Lipinski definition) is 3. The van der Waals surface area contributed by atoms with Crippen molar-refractivity contribution in [1.82, 2.24) is 9.97 Å². The van der Waals surface area contributed by atoms with Gasteiger partial charge in [0.05, 0.1) is 5.69 Å². The molecule has 2 aromatic rings. The van der Waals surface area contributed by atoms with Crippen molar-refractivity contribution in [3.63, 3.8) is 0 Å². The second-order valence-corrected chi connectivity index (χ2v) is 4.14. The fourth-order valence-electron chi connectivity index (χ4n) is 1.31. The number of anilines is 1. The Labute approximate surface area is 109 Å². The highest BCUT2D eigenvalue weighted by Gasteiger charge is 2.02. The third kappa shape index (κ3) is 3.12. The fraction of sp³-hybridized carbons (Fsp3) is 0. The predicted octanol–water partition coefficient (Wildman–Crippen LogP) is 2.45. The molecule has 0 aliphatic rings. The average Bonchev–Trinajstić information content (AvgIpc) is 2.29. The molecule has 2 rings (SSSR count). The van der Waals surface area contributed by atoms with Gasteiger partial charge in [0.2, 0.25) is 5.95 Å². The normalized spacial score (nSPS) is 9.94. The molecule has 0 fully saturated rings. The quantitative estimate of drug-likeness (QED) is 0.816. The Balaban J connectivity index is 2.32. The highest BCUT2D eigenvalue weighted by molar-refractivity contribution is 7.80. The van der Waals surface area contributed by atoms with Crippen molar-refractivity contribution >= 4 is 34.9 Å². The molecule has 6 heteroatoms. The Morgan fingerprint density at radius 2 is 1.94 bits per heavy atom. The van der Waals surface area contributed by atoms with E-state index in [1.54, 1.807) is 24.4 Å². The maximum atomic E-state index is 5.82. The lowest BCUT2D eigenvalue weighted by atomic mass is 10.1. The Morgan fingerprint density at radius 3 is 2.59 bits per heavy atom. The summed E-state index contributed by atoms with van der Waals surface area (Å²) in [6, 6.07) is 9.18. The third-order valence-electron chi connectivity index (χ3n) is 2.03. The maximum absolute atomic E-state index is 5.82. The molecule has 0 saturated carbocycles. The van der Waals surface area contributed by atoms with Gasteiger partial charge in [0.1, 0.15) is 0 Å². The number of aromatic nitrogens is 2. The molecule has 0 aliphatic carbocycles. The van der Waals surface area contributed by atoms with Crippen LogP contribution in [-0.2, 0) is 0 Å². The molecule has 0 bridgehead atoms. The number of rotatable bonds is 2. The van der Waals surface area contributed by atoms with Crippen LogP contribution in [0, 0.1) is 0 Å². The Hall–Kier alpha value is -1.72. The minimum atomic E-state index is 0.137. The van der Waals surface area contributed by atoms with Crippen LogP contribution in [0.5, 0.6) is 0 Å². The van der Waals surface area contributed by atoms with Gasteiger partial charge in [-0.3, -0.25) is 0 Å². The summed E-state index contributed by atoms with van der Waals surface area (Å²) < 4.78 is 0. The second kappa shape index (κ2) is 5.07. The summed E-state index contributed by atoms with van der Waals surface area (Å²) >= 11 is 10.5. The van der Waals surface area contributed by atoms with Crippen LogP contribution < -0.4 is 11.1 Å². The molecule has 0 aliphatic heterocycles. The van der Waals surface area contributed by atoms with Crippen LogP contribution in [0.25, 0.3) is 11.3 Å². The minimum Gasteiger partial charge on any atom is -0.376 e. The van der Waals surface area contributed by atoms with Crippen LogP contribution in [0.1, 0.15) is 0 Å². The highest BCUT2D eigenvalue weighted by atomic mass is 35.5. The van der Waals surface area contributed by atoms with Gasteiger partial charge >= 0.3 is 0 Å². The van der Waals surface area contributed by atoms with Crippen LogP contribution in [-0.4, -0.2) is 15.1 Å². The molecule has 86 valence electrons. The van der Waals surface area contributed by atoms with Gasteiger partial charge in [0.25, 0.3) is 0 Å². The molecule has 0 radical (unpaired) electrons. The molecule has 4 nitrogen and oxygen atoms in total. The molecule has 1 aromatic carbocycles. The van der Waals surface area contributed by atoms with Gasteiger partial charge in [0.15, 0.2) is 5.11 Å². The van der Waals surface area contributed by atoms with Crippen molar-refractivity contribution in [2.75, 3.05) is 5.32 Å². The molecular weight excluding hydrogens is 256 g/mol. The zero-order valence-corrected chi connectivity index (χ0v) is 10.3. The first kappa shape index (κ1) is 11.8. The van der Waals surface area contributed by atoms with E-state index in [-0.39, 0.29) is 5.11 Å². The van der Waals surface area contributed by atoms with E-state index < -0.39 is 0 Å². The van der Waals surface area contributed by atoms with E-state index in [2.05, 4.69) is 15.3 Å². The van der Waals surface area contributed by atoms with Gasteiger partial charge in [0, 0.05) is 16.8 Å². The van der Waals surface area contributed by atoms with Crippen molar-refractivity contribution in [3.05, 3.63) is 41.6 Å². The molecule has 0 saturated heterocycles. The smallest absolute Gasteiger partial charge is 0.229 e. The van der Waals surface area contributed by atoms with E-state index in [0.29, 0.717) is 11.0 Å². The van der Waals surface area contributed by atoms with Gasteiger partial charge in [-0.1, -0.05) is 23.7 Å².